The van der Waals surface area contributed by atoms with E-state index in [1.807, 2.05) is 6.92 Å². The van der Waals surface area contributed by atoms with Crippen molar-refractivity contribution >= 4 is 5.78 Å². The van der Waals surface area contributed by atoms with Crippen molar-refractivity contribution in [3.05, 3.63) is 12.2 Å². The van der Waals surface area contributed by atoms with Gasteiger partial charge in [0, 0.05) is 12.5 Å². The van der Waals surface area contributed by atoms with Crippen molar-refractivity contribution in [3.8, 4) is 0 Å². The Labute approximate surface area is 60.9 Å². The van der Waals surface area contributed by atoms with Gasteiger partial charge in [-0.25, -0.2) is 0 Å². The van der Waals surface area contributed by atoms with Crippen LogP contribution < -0.4 is 0 Å². The molecule has 0 radical (unpaired) electrons. The zero-order chi connectivity index (χ0) is 7.40. The highest BCUT2D eigenvalue weighted by molar-refractivity contribution is 5.91. The first-order valence-corrected chi connectivity index (χ1v) is 3.59. The van der Waals surface area contributed by atoms with Gasteiger partial charge in [-0.05, 0) is 19.4 Å². The fourth-order valence-electron chi connectivity index (χ4n) is 1.06. The summed E-state index contributed by atoms with van der Waals surface area (Å²) in [5.74, 6) is 0.344. The highest BCUT2D eigenvalue weighted by Crippen LogP contribution is 2.13. The molecule has 1 unspecified atom stereocenters. The van der Waals surface area contributed by atoms with E-state index in [0.29, 0.717) is 6.61 Å². The number of ketones is 1. The molecule has 0 aromatic carbocycles. The van der Waals surface area contributed by atoms with Gasteiger partial charge in [0.25, 0.3) is 0 Å². The van der Waals surface area contributed by atoms with E-state index < -0.39 is 0 Å². The first-order chi connectivity index (χ1) is 4.84. The van der Waals surface area contributed by atoms with Gasteiger partial charge in [0.15, 0.2) is 5.78 Å². The van der Waals surface area contributed by atoms with Crippen molar-refractivity contribution in [2.45, 2.75) is 13.3 Å². The highest BCUT2D eigenvalue weighted by atomic mass is 16.5. The van der Waals surface area contributed by atoms with Gasteiger partial charge in [0.2, 0.25) is 0 Å². The Hall–Kier alpha value is -0.630. The molecule has 0 saturated carbocycles. The van der Waals surface area contributed by atoms with Gasteiger partial charge in [-0.1, -0.05) is 6.08 Å². The Bertz CT molecular complexity index is 143. The maximum atomic E-state index is 11.1. The van der Waals surface area contributed by atoms with E-state index in [1.165, 1.54) is 0 Å². The lowest BCUT2D eigenvalue weighted by atomic mass is 10.0. The van der Waals surface area contributed by atoms with Crippen LogP contribution in [0.4, 0.5) is 0 Å². The first-order valence-electron chi connectivity index (χ1n) is 3.59. The van der Waals surface area contributed by atoms with Gasteiger partial charge in [-0.2, -0.15) is 0 Å². The topological polar surface area (TPSA) is 26.3 Å². The third-order valence-corrected chi connectivity index (χ3v) is 1.66. The molecule has 1 saturated heterocycles. The predicted octanol–water partition coefficient (Wildman–Crippen LogP) is 1.17. The van der Waals surface area contributed by atoms with Crippen LogP contribution in [0.5, 0.6) is 0 Å². The summed E-state index contributed by atoms with van der Waals surface area (Å²) in [6, 6.07) is 0. The van der Waals surface area contributed by atoms with Crippen LogP contribution in [0.3, 0.4) is 0 Å². The smallest absolute Gasteiger partial charge is 0.160 e. The summed E-state index contributed by atoms with van der Waals surface area (Å²) in [7, 11) is 0. The molecule has 0 spiro atoms. The number of hydrogen-bond donors (Lipinski definition) is 0. The fraction of sp³-hybridized carbons (Fsp3) is 0.625. The summed E-state index contributed by atoms with van der Waals surface area (Å²) in [6.45, 7) is 3.21. The maximum Gasteiger partial charge on any atom is 0.160 e. The molecule has 1 fully saturated rings. The average molecular weight is 140 g/mol. The van der Waals surface area contributed by atoms with Crippen molar-refractivity contribution in [2.75, 3.05) is 13.2 Å². The largest absolute Gasteiger partial charge is 0.381 e. The van der Waals surface area contributed by atoms with Gasteiger partial charge in [0.05, 0.1) is 6.61 Å². The van der Waals surface area contributed by atoms with E-state index in [-0.39, 0.29) is 11.7 Å². The molecular weight excluding hydrogens is 128 g/mol. The van der Waals surface area contributed by atoms with Crippen LogP contribution in [-0.4, -0.2) is 19.0 Å². The van der Waals surface area contributed by atoms with E-state index in [0.717, 1.165) is 13.0 Å². The zero-order valence-corrected chi connectivity index (χ0v) is 6.17. The molecule has 1 aliphatic heterocycles. The third kappa shape index (κ3) is 1.67. The molecule has 0 N–H and O–H groups in total. The lowest BCUT2D eigenvalue weighted by Gasteiger charge is -1.99. The van der Waals surface area contributed by atoms with E-state index in [9.17, 15) is 4.79 Å². The third-order valence-electron chi connectivity index (χ3n) is 1.66. The van der Waals surface area contributed by atoms with Crippen molar-refractivity contribution < 1.29 is 9.53 Å². The van der Waals surface area contributed by atoms with Crippen molar-refractivity contribution in [1.29, 1.82) is 0 Å². The van der Waals surface area contributed by atoms with Crippen LogP contribution in [0.1, 0.15) is 13.3 Å². The number of allylic oxidation sites excluding steroid dienone is 2. The van der Waals surface area contributed by atoms with Crippen molar-refractivity contribution in [3.63, 3.8) is 0 Å². The number of rotatable bonds is 2. The standard InChI is InChI=1S/C8H12O2/c1-2-3-8(9)7-4-5-10-6-7/h2-3,7H,4-6H2,1H3/b3-2+. The fourth-order valence-corrected chi connectivity index (χ4v) is 1.06. The predicted molar refractivity (Wildman–Crippen MR) is 38.7 cm³/mol. The Kier molecular flexibility index (Phi) is 2.63. The summed E-state index contributed by atoms with van der Waals surface area (Å²) in [5, 5.41) is 0. The van der Waals surface area contributed by atoms with Crippen LogP contribution in [0.15, 0.2) is 12.2 Å². The zero-order valence-electron chi connectivity index (χ0n) is 6.17. The molecule has 10 heavy (non-hydrogen) atoms. The Morgan fingerprint density at radius 2 is 2.50 bits per heavy atom. The molecule has 0 aliphatic carbocycles. The molecule has 1 aliphatic rings. The second kappa shape index (κ2) is 3.52. The average Bonchev–Trinajstić information content (AvgIpc) is 2.38. The quantitative estimate of drug-likeness (QED) is 0.538. The highest BCUT2D eigenvalue weighted by Gasteiger charge is 2.20. The van der Waals surface area contributed by atoms with E-state index >= 15 is 0 Å². The summed E-state index contributed by atoms with van der Waals surface area (Å²) in [5.41, 5.74) is 0. The van der Waals surface area contributed by atoms with Crippen LogP contribution >= 0.6 is 0 Å². The van der Waals surface area contributed by atoms with Crippen molar-refractivity contribution in [1.82, 2.24) is 0 Å². The molecule has 2 heteroatoms. The molecule has 0 aromatic heterocycles. The van der Waals surface area contributed by atoms with E-state index in [4.69, 9.17) is 4.74 Å². The van der Waals surface area contributed by atoms with Crippen LogP contribution in [0.25, 0.3) is 0 Å². The maximum absolute atomic E-state index is 11.1. The Balaban J connectivity index is 2.40. The molecule has 0 bridgehead atoms. The lowest BCUT2D eigenvalue weighted by molar-refractivity contribution is -0.118. The first kappa shape index (κ1) is 7.48. The van der Waals surface area contributed by atoms with E-state index in [2.05, 4.69) is 0 Å². The van der Waals surface area contributed by atoms with Gasteiger partial charge < -0.3 is 4.74 Å². The molecule has 56 valence electrons. The minimum atomic E-state index is 0.135. The summed E-state index contributed by atoms with van der Waals surface area (Å²) < 4.78 is 5.07. The van der Waals surface area contributed by atoms with Crippen LogP contribution in [0.2, 0.25) is 0 Å². The molecule has 1 atom stereocenters. The molecule has 2 nitrogen and oxygen atoms in total. The molecule has 1 heterocycles. The minimum absolute atomic E-state index is 0.135. The lowest BCUT2D eigenvalue weighted by Crippen LogP contribution is -2.10. The Morgan fingerprint density at radius 3 is 3.00 bits per heavy atom. The second-order valence-corrected chi connectivity index (χ2v) is 2.46. The normalized spacial score (nSPS) is 25.9. The van der Waals surface area contributed by atoms with Crippen molar-refractivity contribution in [2.24, 2.45) is 5.92 Å². The van der Waals surface area contributed by atoms with Crippen LogP contribution in [-0.2, 0) is 9.53 Å². The van der Waals surface area contributed by atoms with Gasteiger partial charge in [0.1, 0.15) is 0 Å². The number of ether oxygens (including phenoxy) is 1. The van der Waals surface area contributed by atoms with E-state index in [1.54, 1.807) is 12.2 Å². The monoisotopic (exact) mass is 140 g/mol. The molecule has 1 rings (SSSR count). The molecule has 0 aromatic rings. The van der Waals surface area contributed by atoms with Crippen LogP contribution in [0, 0.1) is 5.92 Å². The number of carbonyl (C=O) groups is 1. The summed E-state index contributed by atoms with van der Waals surface area (Å²) in [4.78, 5) is 11.1. The number of hydrogen-bond acceptors (Lipinski definition) is 2. The number of carbonyl (C=O) groups excluding carboxylic acids is 1. The summed E-state index contributed by atoms with van der Waals surface area (Å²) >= 11 is 0. The molecular formula is C8H12O2. The second-order valence-electron chi connectivity index (χ2n) is 2.46. The Morgan fingerprint density at radius 1 is 1.70 bits per heavy atom. The minimum Gasteiger partial charge on any atom is -0.381 e. The molecule has 0 amide bonds. The SMILES string of the molecule is C/C=C/C(=O)C1CCOC1. The summed E-state index contributed by atoms with van der Waals surface area (Å²) in [6.07, 6.45) is 4.29. The van der Waals surface area contributed by atoms with Gasteiger partial charge >= 0.3 is 0 Å². The van der Waals surface area contributed by atoms with Gasteiger partial charge in [-0.15, -0.1) is 0 Å². The van der Waals surface area contributed by atoms with Gasteiger partial charge in [-0.3, -0.25) is 4.79 Å².